The maximum atomic E-state index is 13.4. The number of esters is 1. The summed E-state index contributed by atoms with van der Waals surface area (Å²) in [7, 11) is 0. The number of nitrogens with zero attached hydrogens (tertiary/aromatic N) is 2. The lowest BCUT2D eigenvalue weighted by Gasteiger charge is -2.41. The lowest BCUT2D eigenvalue weighted by molar-refractivity contribution is -0.130. The van der Waals surface area contributed by atoms with Crippen LogP contribution in [0.4, 0.5) is 4.39 Å². The number of fused-ring (bicyclic) bond motifs is 1. The number of rotatable bonds is 5. The molecule has 2 saturated heterocycles. The molecule has 1 unspecified atom stereocenters. The molecule has 2 aromatic carbocycles. The maximum absolute atomic E-state index is 13.4. The molecule has 3 heterocycles. The standard InChI is InChI=1S/C26H26FN3O3/c27-21-7-5-18(6-8-21)22-17-29-25(32)26(22)9-11-30(12-10-26)13-14-33-24(31)20-15-19-3-1-2-4-23(19)28-16-20/h1-8,15-16,22H,9-14,17H2,(H,29,32). The van der Waals surface area contributed by atoms with E-state index in [-0.39, 0.29) is 30.2 Å². The summed E-state index contributed by atoms with van der Waals surface area (Å²) in [6, 6.07) is 15.9. The zero-order valence-electron chi connectivity index (χ0n) is 18.3. The van der Waals surface area contributed by atoms with Crippen molar-refractivity contribution in [2.45, 2.75) is 18.8 Å². The Labute approximate surface area is 191 Å². The largest absolute Gasteiger partial charge is 0.461 e. The van der Waals surface area contributed by atoms with Gasteiger partial charge in [-0.2, -0.15) is 0 Å². The smallest absolute Gasteiger partial charge is 0.339 e. The Kier molecular flexibility index (Phi) is 5.81. The molecule has 2 aliphatic rings. The second-order valence-corrected chi connectivity index (χ2v) is 8.86. The minimum Gasteiger partial charge on any atom is -0.461 e. The first-order valence-electron chi connectivity index (χ1n) is 11.3. The minimum absolute atomic E-state index is 0.0472. The molecule has 1 amide bonds. The summed E-state index contributed by atoms with van der Waals surface area (Å²) in [6.45, 7) is 2.99. The van der Waals surface area contributed by atoms with Crippen LogP contribution < -0.4 is 5.32 Å². The topological polar surface area (TPSA) is 71.5 Å². The third-order valence-electron chi connectivity index (χ3n) is 7.07. The van der Waals surface area contributed by atoms with Gasteiger partial charge in [0, 0.05) is 30.6 Å². The van der Waals surface area contributed by atoms with Crippen LogP contribution in [0.5, 0.6) is 0 Å². The molecule has 170 valence electrons. The number of hydrogen-bond acceptors (Lipinski definition) is 5. The van der Waals surface area contributed by atoms with Crippen LogP contribution in [-0.4, -0.2) is 54.5 Å². The van der Waals surface area contributed by atoms with Gasteiger partial charge in [0.15, 0.2) is 0 Å². The Morgan fingerprint density at radius 2 is 1.91 bits per heavy atom. The Balaban J connectivity index is 1.16. The van der Waals surface area contributed by atoms with E-state index < -0.39 is 5.41 Å². The summed E-state index contributed by atoms with van der Waals surface area (Å²) < 4.78 is 18.8. The highest BCUT2D eigenvalue weighted by Gasteiger charge is 2.51. The molecule has 2 fully saturated rings. The summed E-state index contributed by atoms with van der Waals surface area (Å²) >= 11 is 0. The van der Waals surface area contributed by atoms with E-state index in [9.17, 15) is 14.0 Å². The lowest BCUT2D eigenvalue weighted by atomic mass is 9.68. The van der Waals surface area contributed by atoms with Crippen molar-refractivity contribution in [2.75, 3.05) is 32.8 Å². The first kappa shape index (κ1) is 21.5. The number of carbonyl (C=O) groups is 2. The number of aromatic nitrogens is 1. The Hall–Kier alpha value is -3.32. The fourth-order valence-corrected chi connectivity index (χ4v) is 5.14. The van der Waals surface area contributed by atoms with Crippen molar-refractivity contribution in [1.82, 2.24) is 15.2 Å². The Morgan fingerprint density at radius 1 is 1.15 bits per heavy atom. The van der Waals surface area contributed by atoms with Crippen molar-refractivity contribution in [2.24, 2.45) is 5.41 Å². The Bertz CT molecular complexity index is 1170. The zero-order chi connectivity index (χ0) is 22.8. The minimum atomic E-state index is -0.457. The van der Waals surface area contributed by atoms with Crippen molar-refractivity contribution in [1.29, 1.82) is 0 Å². The van der Waals surface area contributed by atoms with Crippen LogP contribution in [0, 0.1) is 11.2 Å². The normalized spacial score (nSPS) is 20.2. The molecule has 0 aliphatic carbocycles. The molecule has 33 heavy (non-hydrogen) atoms. The highest BCUT2D eigenvalue weighted by molar-refractivity contribution is 5.93. The molecule has 1 atom stereocenters. The number of nitrogens with one attached hydrogen (secondary N) is 1. The van der Waals surface area contributed by atoms with Gasteiger partial charge in [0.05, 0.1) is 16.5 Å². The molecule has 5 rings (SSSR count). The molecular formula is C26H26FN3O3. The van der Waals surface area contributed by atoms with Crippen LogP contribution in [0.25, 0.3) is 10.9 Å². The van der Waals surface area contributed by atoms with Crippen LogP contribution >= 0.6 is 0 Å². The SMILES string of the molecule is O=C(OCCN1CCC2(CC1)C(=O)NCC2c1ccc(F)cc1)c1cnc2ccccc2c1. The van der Waals surface area contributed by atoms with E-state index in [1.54, 1.807) is 24.4 Å². The van der Waals surface area contributed by atoms with Crippen LogP contribution in [0.2, 0.25) is 0 Å². The second kappa shape index (κ2) is 8.90. The predicted octanol–water partition coefficient (Wildman–Crippen LogP) is 3.53. The summed E-state index contributed by atoms with van der Waals surface area (Å²) in [6.07, 6.45) is 3.00. The average molecular weight is 448 g/mol. The summed E-state index contributed by atoms with van der Waals surface area (Å²) in [4.78, 5) is 31.8. The molecule has 1 N–H and O–H groups in total. The van der Waals surface area contributed by atoms with Crippen molar-refractivity contribution in [3.8, 4) is 0 Å². The highest BCUT2D eigenvalue weighted by Crippen LogP contribution is 2.47. The number of ether oxygens (including phenoxy) is 1. The summed E-state index contributed by atoms with van der Waals surface area (Å²) in [5.41, 5.74) is 1.82. The molecule has 6 nitrogen and oxygen atoms in total. The van der Waals surface area contributed by atoms with Crippen molar-refractivity contribution < 1.29 is 18.7 Å². The first-order chi connectivity index (χ1) is 16.0. The fourth-order valence-electron chi connectivity index (χ4n) is 5.14. The molecule has 0 saturated carbocycles. The number of para-hydroxylation sites is 1. The summed E-state index contributed by atoms with van der Waals surface area (Å²) in [5.74, 6) is -0.514. The molecule has 1 spiro atoms. The van der Waals surface area contributed by atoms with Crippen molar-refractivity contribution in [3.63, 3.8) is 0 Å². The lowest BCUT2D eigenvalue weighted by Crippen LogP contribution is -2.46. The quantitative estimate of drug-likeness (QED) is 0.606. The zero-order valence-corrected chi connectivity index (χ0v) is 18.3. The summed E-state index contributed by atoms with van der Waals surface area (Å²) in [5, 5.41) is 3.92. The average Bonchev–Trinajstić information content (AvgIpc) is 3.16. The van der Waals surface area contributed by atoms with E-state index in [0.29, 0.717) is 18.7 Å². The van der Waals surface area contributed by atoms with E-state index in [1.165, 1.54) is 12.1 Å². The highest BCUT2D eigenvalue weighted by atomic mass is 19.1. The molecule has 0 bridgehead atoms. The molecule has 0 radical (unpaired) electrons. The van der Waals surface area contributed by atoms with E-state index in [0.717, 1.165) is 42.4 Å². The number of piperidine rings is 1. The third kappa shape index (κ3) is 4.20. The number of carbonyl (C=O) groups excluding carboxylic acids is 2. The number of amides is 1. The van der Waals surface area contributed by atoms with Gasteiger partial charge < -0.3 is 10.1 Å². The number of halogens is 1. The number of pyridine rings is 1. The molecule has 2 aliphatic heterocycles. The van der Waals surface area contributed by atoms with Crippen LogP contribution in [0.1, 0.15) is 34.7 Å². The Morgan fingerprint density at radius 3 is 2.70 bits per heavy atom. The molecule has 1 aromatic heterocycles. The van der Waals surface area contributed by atoms with Gasteiger partial charge in [-0.15, -0.1) is 0 Å². The van der Waals surface area contributed by atoms with Gasteiger partial charge in [-0.1, -0.05) is 30.3 Å². The van der Waals surface area contributed by atoms with Gasteiger partial charge in [-0.3, -0.25) is 14.7 Å². The van der Waals surface area contributed by atoms with Crippen LogP contribution in [0.15, 0.2) is 60.8 Å². The molecule has 7 heteroatoms. The van der Waals surface area contributed by atoms with Crippen molar-refractivity contribution in [3.05, 3.63) is 77.7 Å². The van der Waals surface area contributed by atoms with Crippen LogP contribution in [-0.2, 0) is 9.53 Å². The van der Waals surface area contributed by atoms with Gasteiger partial charge >= 0.3 is 5.97 Å². The monoisotopic (exact) mass is 447 g/mol. The fraction of sp³-hybridized carbons (Fsp3) is 0.346. The number of benzene rings is 2. The van der Waals surface area contributed by atoms with Gasteiger partial charge in [0.25, 0.3) is 0 Å². The number of likely N-dealkylation sites (tertiary alicyclic amines) is 1. The van der Waals surface area contributed by atoms with Gasteiger partial charge in [0.1, 0.15) is 12.4 Å². The van der Waals surface area contributed by atoms with E-state index in [4.69, 9.17) is 4.74 Å². The second-order valence-electron chi connectivity index (χ2n) is 8.86. The first-order valence-corrected chi connectivity index (χ1v) is 11.3. The van der Waals surface area contributed by atoms with E-state index in [2.05, 4.69) is 15.2 Å². The molecule has 3 aromatic rings. The molecular weight excluding hydrogens is 421 g/mol. The van der Waals surface area contributed by atoms with Crippen molar-refractivity contribution >= 4 is 22.8 Å². The van der Waals surface area contributed by atoms with Gasteiger partial charge in [-0.05, 0) is 55.8 Å². The van der Waals surface area contributed by atoms with E-state index >= 15 is 0 Å². The predicted molar refractivity (Wildman–Crippen MR) is 122 cm³/mol. The van der Waals surface area contributed by atoms with Gasteiger partial charge in [-0.25, -0.2) is 9.18 Å². The number of hydrogen-bond donors (Lipinski definition) is 1. The maximum Gasteiger partial charge on any atom is 0.339 e. The van der Waals surface area contributed by atoms with E-state index in [1.807, 2.05) is 24.3 Å². The van der Waals surface area contributed by atoms with Crippen LogP contribution in [0.3, 0.4) is 0 Å². The third-order valence-corrected chi connectivity index (χ3v) is 7.07. The van der Waals surface area contributed by atoms with Gasteiger partial charge in [0.2, 0.25) is 5.91 Å².